The molecule has 0 saturated carbocycles. The van der Waals surface area contributed by atoms with Crippen molar-refractivity contribution in [1.29, 1.82) is 0 Å². The van der Waals surface area contributed by atoms with Crippen molar-refractivity contribution in [3.05, 3.63) is 47.2 Å². The van der Waals surface area contributed by atoms with Crippen LogP contribution in [0.1, 0.15) is 36.1 Å². The summed E-state index contributed by atoms with van der Waals surface area (Å²) in [6.45, 7) is 5.91. The number of H-pyrrole nitrogens is 1. The first-order valence-corrected chi connectivity index (χ1v) is 10.1. The van der Waals surface area contributed by atoms with E-state index < -0.39 is 0 Å². The second-order valence-corrected chi connectivity index (χ2v) is 7.42. The fourth-order valence-corrected chi connectivity index (χ4v) is 3.90. The van der Waals surface area contributed by atoms with Crippen molar-refractivity contribution in [3.63, 3.8) is 0 Å². The highest BCUT2D eigenvalue weighted by molar-refractivity contribution is 14.0. The molecule has 8 heteroatoms. The Morgan fingerprint density at radius 2 is 2.24 bits per heavy atom. The number of aromatic amines is 1. The van der Waals surface area contributed by atoms with Gasteiger partial charge in [0, 0.05) is 49.6 Å². The number of aromatic nitrogens is 4. The molecule has 0 fully saturated rings. The van der Waals surface area contributed by atoms with Crippen LogP contribution in [-0.4, -0.2) is 45.3 Å². The molecule has 3 aromatic rings. The number of nitrogens with one attached hydrogen (secondary N) is 3. The van der Waals surface area contributed by atoms with Crippen LogP contribution in [0.25, 0.3) is 10.9 Å². The number of aryl methyl sites for hydroxylation is 3. The van der Waals surface area contributed by atoms with Gasteiger partial charge in [-0.1, -0.05) is 25.1 Å². The fourth-order valence-electron chi connectivity index (χ4n) is 3.90. The van der Waals surface area contributed by atoms with Crippen molar-refractivity contribution >= 4 is 40.8 Å². The molecule has 0 spiro atoms. The van der Waals surface area contributed by atoms with Crippen molar-refractivity contribution in [3.8, 4) is 0 Å². The molecule has 1 atom stereocenters. The number of aliphatic imine (C=N–C) groups is 1. The molecule has 1 aliphatic rings. The Balaban J connectivity index is 0.00000240. The first kappa shape index (κ1) is 21.6. The third kappa shape index (κ3) is 4.73. The lowest BCUT2D eigenvalue weighted by Gasteiger charge is -2.25. The summed E-state index contributed by atoms with van der Waals surface area (Å²) in [5, 5.41) is 12.9. The van der Waals surface area contributed by atoms with Crippen molar-refractivity contribution < 1.29 is 0 Å². The Morgan fingerprint density at radius 1 is 1.38 bits per heavy atom. The van der Waals surface area contributed by atoms with Crippen LogP contribution < -0.4 is 10.6 Å². The third-order valence-corrected chi connectivity index (χ3v) is 5.48. The summed E-state index contributed by atoms with van der Waals surface area (Å²) in [5.41, 5.74) is 3.85. The molecule has 1 aliphatic heterocycles. The van der Waals surface area contributed by atoms with E-state index >= 15 is 0 Å². The van der Waals surface area contributed by atoms with Crippen LogP contribution in [0.4, 0.5) is 0 Å². The summed E-state index contributed by atoms with van der Waals surface area (Å²) in [4.78, 5) is 12.4. The van der Waals surface area contributed by atoms with Crippen LogP contribution in [0.15, 0.2) is 29.4 Å². The molecule has 0 amide bonds. The molecule has 2 aromatic heterocycles. The van der Waals surface area contributed by atoms with E-state index in [1.54, 1.807) is 0 Å². The van der Waals surface area contributed by atoms with Gasteiger partial charge in [-0.05, 0) is 30.9 Å². The van der Waals surface area contributed by atoms with Crippen molar-refractivity contribution in [2.75, 3.05) is 13.6 Å². The summed E-state index contributed by atoms with van der Waals surface area (Å²) in [5.74, 6) is 2.89. The number of hydrogen-bond acceptors (Lipinski definition) is 3. The van der Waals surface area contributed by atoms with Gasteiger partial charge >= 0.3 is 0 Å². The summed E-state index contributed by atoms with van der Waals surface area (Å²) in [6, 6.07) is 6.76. The predicted molar refractivity (Wildman–Crippen MR) is 128 cm³/mol. The summed E-state index contributed by atoms with van der Waals surface area (Å²) in [6.07, 6.45) is 5.95. The second-order valence-electron chi connectivity index (χ2n) is 7.42. The summed E-state index contributed by atoms with van der Waals surface area (Å²) >= 11 is 0. The number of benzene rings is 1. The quantitative estimate of drug-likeness (QED) is 0.282. The minimum Gasteiger partial charge on any atom is -0.361 e. The standard InChI is InChI=1S/C21H29N7.HI/c1-4-18-26-19-9-8-16(13-28(19)27-18)25-21(22-3)23-11-10-15-12-24-20-14(2)6-5-7-17(15)20;/h5-7,12,16,24H,4,8-11,13H2,1-3H3,(H2,22,23,25);1H. The number of hydrogen-bond donors (Lipinski definition) is 3. The van der Waals surface area contributed by atoms with E-state index in [1.165, 1.54) is 22.0 Å². The van der Waals surface area contributed by atoms with E-state index in [0.29, 0.717) is 6.04 Å². The van der Waals surface area contributed by atoms with Gasteiger partial charge in [0.05, 0.1) is 6.54 Å². The molecule has 1 unspecified atom stereocenters. The minimum atomic E-state index is 0. The first-order valence-electron chi connectivity index (χ1n) is 10.1. The summed E-state index contributed by atoms with van der Waals surface area (Å²) < 4.78 is 2.04. The smallest absolute Gasteiger partial charge is 0.191 e. The number of halogens is 1. The highest BCUT2D eigenvalue weighted by Crippen LogP contribution is 2.21. The molecule has 0 saturated heterocycles. The molecule has 0 bridgehead atoms. The Labute approximate surface area is 188 Å². The molecule has 3 N–H and O–H groups in total. The average molecular weight is 507 g/mol. The zero-order valence-corrected chi connectivity index (χ0v) is 19.7. The van der Waals surface area contributed by atoms with Crippen molar-refractivity contribution in [2.24, 2.45) is 4.99 Å². The molecule has 3 heterocycles. The zero-order valence-electron chi connectivity index (χ0n) is 17.3. The number of para-hydroxylation sites is 1. The van der Waals surface area contributed by atoms with Gasteiger partial charge in [0.25, 0.3) is 0 Å². The first-order chi connectivity index (χ1) is 13.7. The van der Waals surface area contributed by atoms with Gasteiger partial charge in [0.2, 0.25) is 0 Å². The van der Waals surface area contributed by atoms with Gasteiger partial charge in [-0.15, -0.1) is 24.0 Å². The lowest BCUT2D eigenvalue weighted by molar-refractivity contribution is 0.392. The average Bonchev–Trinajstić information content (AvgIpc) is 3.31. The van der Waals surface area contributed by atoms with Crippen molar-refractivity contribution in [1.82, 2.24) is 30.4 Å². The molecular weight excluding hydrogens is 477 g/mol. The van der Waals surface area contributed by atoms with Gasteiger partial charge in [0.15, 0.2) is 11.8 Å². The topological polar surface area (TPSA) is 82.9 Å². The maximum Gasteiger partial charge on any atom is 0.191 e. The molecule has 0 aliphatic carbocycles. The number of nitrogens with zero attached hydrogens (tertiary/aromatic N) is 4. The normalized spacial score (nSPS) is 16.4. The molecule has 7 nitrogen and oxygen atoms in total. The summed E-state index contributed by atoms with van der Waals surface area (Å²) in [7, 11) is 1.82. The largest absolute Gasteiger partial charge is 0.361 e. The van der Waals surface area contributed by atoms with Crippen molar-refractivity contribution in [2.45, 2.75) is 52.1 Å². The number of guanidine groups is 1. The maximum atomic E-state index is 4.59. The fraction of sp³-hybridized carbons (Fsp3) is 0.476. The van der Waals surface area contributed by atoms with Gasteiger partial charge in [-0.2, -0.15) is 5.10 Å². The van der Waals surface area contributed by atoms with Gasteiger partial charge in [-0.3, -0.25) is 4.99 Å². The Morgan fingerprint density at radius 3 is 3.03 bits per heavy atom. The minimum absolute atomic E-state index is 0. The van der Waals surface area contributed by atoms with E-state index in [4.69, 9.17) is 0 Å². The zero-order chi connectivity index (χ0) is 19.5. The predicted octanol–water partition coefficient (Wildman–Crippen LogP) is 2.97. The van der Waals surface area contributed by atoms with E-state index in [1.807, 2.05) is 11.7 Å². The molecular formula is C21H30IN7. The van der Waals surface area contributed by atoms with Crippen LogP contribution in [0.5, 0.6) is 0 Å². The Kier molecular flexibility index (Phi) is 7.15. The highest BCUT2D eigenvalue weighted by atomic mass is 127. The van der Waals surface area contributed by atoms with Gasteiger partial charge in [-0.25, -0.2) is 9.67 Å². The number of fused-ring (bicyclic) bond motifs is 2. The van der Waals surface area contributed by atoms with Gasteiger partial charge in [0.1, 0.15) is 5.82 Å². The van der Waals surface area contributed by atoms with Crippen LogP contribution in [0.3, 0.4) is 0 Å². The molecule has 29 heavy (non-hydrogen) atoms. The lowest BCUT2D eigenvalue weighted by Crippen LogP contribution is -2.47. The molecule has 4 rings (SSSR count). The van der Waals surface area contributed by atoms with Crippen LogP contribution in [0.2, 0.25) is 0 Å². The van der Waals surface area contributed by atoms with E-state index in [2.05, 4.69) is 68.9 Å². The SMILES string of the molecule is CCc1nc2n(n1)CC(NC(=NC)NCCc1c[nH]c3c(C)cccc13)CC2.I. The highest BCUT2D eigenvalue weighted by Gasteiger charge is 2.22. The van der Waals surface area contributed by atoms with Crippen LogP contribution in [0, 0.1) is 6.92 Å². The van der Waals surface area contributed by atoms with Crippen LogP contribution in [-0.2, 0) is 25.8 Å². The maximum absolute atomic E-state index is 4.59. The van der Waals surface area contributed by atoms with Gasteiger partial charge < -0.3 is 15.6 Å². The van der Waals surface area contributed by atoms with Crippen LogP contribution >= 0.6 is 24.0 Å². The third-order valence-electron chi connectivity index (χ3n) is 5.48. The monoisotopic (exact) mass is 507 g/mol. The van der Waals surface area contributed by atoms with E-state index in [-0.39, 0.29) is 24.0 Å². The molecule has 0 radical (unpaired) electrons. The molecule has 1 aromatic carbocycles. The second kappa shape index (κ2) is 9.60. The Bertz CT molecular complexity index is 988. The lowest BCUT2D eigenvalue weighted by atomic mass is 10.1. The Hall–Kier alpha value is -2.10. The van der Waals surface area contributed by atoms with E-state index in [9.17, 15) is 0 Å². The molecule has 156 valence electrons. The van der Waals surface area contributed by atoms with E-state index in [0.717, 1.165) is 56.4 Å². The number of rotatable bonds is 5.